The Morgan fingerprint density at radius 3 is 2.71 bits per heavy atom. The molecule has 3 aromatic rings. The summed E-state index contributed by atoms with van der Waals surface area (Å²) in [6.07, 6.45) is 2.67. The summed E-state index contributed by atoms with van der Waals surface area (Å²) in [5.41, 5.74) is 1.21. The zero-order valence-electron chi connectivity index (χ0n) is 16.0. The molecule has 0 spiro atoms. The van der Waals surface area contributed by atoms with Crippen LogP contribution in [0.2, 0.25) is 5.02 Å². The van der Waals surface area contributed by atoms with Crippen LogP contribution in [0.1, 0.15) is 11.3 Å². The molecule has 0 aliphatic heterocycles. The zero-order chi connectivity index (χ0) is 22.5. The first-order valence-corrected chi connectivity index (χ1v) is 9.62. The van der Waals surface area contributed by atoms with Gasteiger partial charge in [0, 0.05) is 28.4 Å². The average molecular weight is 460 g/mol. The van der Waals surface area contributed by atoms with Crippen molar-refractivity contribution < 1.29 is 18.5 Å². The largest absolute Gasteiger partial charge is 0.457 e. The van der Waals surface area contributed by atoms with Crippen LogP contribution in [0.5, 0.6) is 0 Å². The molecule has 158 valence electrons. The summed E-state index contributed by atoms with van der Waals surface area (Å²) in [4.78, 5) is 22.0. The van der Waals surface area contributed by atoms with E-state index in [0.717, 1.165) is 23.3 Å². The highest BCUT2D eigenvalue weighted by Gasteiger charge is 2.15. The molecule has 2 N–H and O–H groups in total. The lowest BCUT2D eigenvalue weighted by molar-refractivity contribution is -0.387. The number of rotatable bonds is 5. The van der Waals surface area contributed by atoms with Gasteiger partial charge in [-0.3, -0.25) is 20.2 Å². The van der Waals surface area contributed by atoms with Gasteiger partial charge in [0.1, 0.15) is 11.5 Å². The topological polar surface area (TPSA) is 97.4 Å². The lowest BCUT2D eigenvalue weighted by Gasteiger charge is -2.08. The van der Waals surface area contributed by atoms with Gasteiger partial charge in [0.2, 0.25) is 11.7 Å². The molecule has 7 nitrogen and oxygen atoms in total. The van der Waals surface area contributed by atoms with Gasteiger partial charge in [-0.2, -0.15) is 4.39 Å². The van der Waals surface area contributed by atoms with E-state index in [1.165, 1.54) is 18.2 Å². The Bertz CT molecular complexity index is 1210. The molecule has 0 radical (unpaired) electrons. The van der Waals surface area contributed by atoms with E-state index >= 15 is 0 Å². The number of furan rings is 1. The van der Waals surface area contributed by atoms with Gasteiger partial charge >= 0.3 is 5.69 Å². The number of amides is 1. The Morgan fingerprint density at radius 2 is 2.00 bits per heavy atom. The molecule has 0 aliphatic rings. The quantitative estimate of drug-likeness (QED) is 0.227. The van der Waals surface area contributed by atoms with Crippen molar-refractivity contribution in [2.45, 2.75) is 6.92 Å². The first kappa shape index (κ1) is 22.1. The van der Waals surface area contributed by atoms with Gasteiger partial charge in [-0.05, 0) is 61.1 Å². The van der Waals surface area contributed by atoms with E-state index < -0.39 is 22.3 Å². The second-order valence-electron chi connectivity index (χ2n) is 6.37. The Morgan fingerprint density at radius 1 is 1.23 bits per heavy atom. The van der Waals surface area contributed by atoms with Gasteiger partial charge in [0.15, 0.2) is 5.11 Å². The van der Waals surface area contributed by atoms with Crippen LogP contribution in [0, 0.1) is 22.9 Å². The minimum atomic E-state index is -0.973. The monoisotopic (exact) mass is 459 g/mol. The summed E-state index contributed by atoms with van der Waals surface area (Å²) < 4.78 is 19.1. The van der Waals surface area contributed by atoms with E-state index in [1.54, 1.807) is 18.2 Å². The molecule has 31 heavy (non-hydrogen) atoms. The fraction of sp³-hybridized carbons (Fsp3) is 0.0476. The van der Waals surface area contributed by atoms with Crippen LogP contribution in [-0.2, 0) is 4.79 Å². The van der Waals surface area contributed by atoms with Crippen LogP contribution >= 0.6 is 23.8 Å². The first-order valence-electron chi connectivity index (χ1n) is 8.83. The number of carbonyl (C=O) groups excluding carboxylic acids is 1. The molecule has 10 heteroatoms. The maximum absolute atomic E-state index is 13.4. The van der Waals surface area contributed by atoms with Crippen LogP contribution in [0.3, 0.4) is 0 Å². The Hall–Kier alpha value is -3.56. The minimum absolute atomic E-state index is 0.106. The number of carbonyl (C=O) groups is 1. The van der Waals surface area contributed by atoms with E-state index in [-0.39, 0.29) is 10.8 Å². The summed E-state index contributed by atoms with van der Waals surface area (Å²) in [5.74, 6) is -0.489. The highest BCUT2D eigenvalue weighted by atomic mass is 35.5. The minimum Gasteiger partial charge on any atom is -0.457 e. The zero-order valence-corrected chi connectivity index (χ0v) is 17.6. The summed E-state index contributed by atoms with van der Waals surface area (Å²) in [6.45, 7) is 1.90. The third-order valence-electron chi connectivity index (χ3n) is 4.12. The van der Waals surface area contributed by atoms with Crippen molar-refractivity contribution in [2.24, 2.45) is 0 Å². The van der Waals surface area contributed by atoms with Crippen LogP contribution < -0.4 is 10.6 Å². The van der Waals surface area contributed by atoms with Crippen molar-refractivity contribution >= 4 is 52.3 Å². The van der Waals surface area contributed by atoms with Crippen molar-refractivity contribution in [3.05, 3.63) is 86.9 Å². The van der Waals surface area contributed by atoms with Gasteiger partial charge in [-0.15, -0.1) is 0 Å². The highest BCUT2D eigenvalue weighted by molar-refractivity contribution is 7.80. The molecule has 0 unspecified atom stereocenters. The van der Waals surface area contributed by atoms with Gasteiger partial charge in [0.25, 0.3) is 0 Å². The number of halogens is 2. The molecule has 0 fully saturated rings. The number of nitro groups is 1. The maximum Gasteiger partial charge on any atom is 0.306 e. The number of thiocarbonyl (C=S) groups is 1. The average Bonchev–Trinajstić information content (AvgIpc) is 3.19. The molecule has 0 saturated carbocycles. The Balaban J connectivity index is 1.60. The lowest BCUT2D eigenvalue weighted by Crippen LogP contribution is -2.32. The smallest absolute Gasteiger partial charge is 0.306 e. The molecule has 1 amide bonds. The molecule has 0 aliphatic carbocycles. The number of benzene rings is 2. The van der Waals surface area contributed by atoms with E-state index in [1.807, 2.05) is 19.1 Å². The van der Waals surface area contributed by atoms with Gasteiger partial charge < -0.3 is 9.73 Å². The van der Waals surface area contributed by atoms with Crippen molar-refractivity contribution in [1.82, 2.24) is 5.32 Å². The van der Waals surface area contributed by atoms with Crippen molar-refractivity contribution in [2.75, 3.05) is 5.32 Å². The number of nitro benzene ring substituents is 1. The Kier molecular flexibility index (Phi) is 6.78. The van der Waals surface area contributed by atoms with E-state index in [2.05, 4.69) is 10.6 Å². The van der Waals surface area contributed by atoms with Crippen LogP contribution in [0.15, 0.2) is 59.0 Å². The summed E-state index contributed by atoms with van der Waals surface area (Å²) in [7, 11) is 0. The fourth-order valence-corrected chi connectivity index (χ4v) is 2.95. The molecule has 2 aromatic carbocycles. The van der Waals surface area contributed by atoms with Crippen LogP contribution in [0.25, 0.3) is 17.4 Å². The first-order chi connectivity index (χ1) is 14.7. The predicted octanol–water partition coefficient (Wildman–Crippen LogP) is 5.48. The number of anilines is 1. The second kappa shape index (κ2) is 9.50. The molecule has 3 rings (SSSR count). The molecular weight excluding hydrogens is 445 g/mol. The molecule has 1 heterocycles. The van der Waals surface area contributed by atoms with Crippen molar-refractivity contribution in [3.8, 4) is 11.3 Å². The maximum atomic E-state index is 13.4. The highest BCUT2D eigenvalue weighted by Crippen LogP contribution is 2.27. The van der Waals surface area contributed by atoms with Gasteiger partial charge in [-0.25, -0.2) is 0 Å². The molecular formula is C21H15ClFN3O4S. The molecule has 0 atom stereocenters. The third-order valence-corrected chi connectivity index (χ3v) is 4.73. The van der Waals surface area contributed by atoms with Crippen LogP contribution in [-0.4, -0.2) is 15.9 Å². The standard InChI is InChI=1S/C21H15ClFN3O4S/c1-12-2-3-13(10-16(12)22)19-8-5-15(30-19)6-9-20(27)25-21(31)24-14-4-7-17(23)18(11-14)26(28)29/h2-11H,1H3,(H2,24,25,27,31)/b9-6+. The summed E-state index contributed by atoms with van der Waals surface area (Å²) >= 11 is 11.1. The number of nitrogens with zero attached hydrogens (tertiary/aromatic N) is 1. The summed E-state index contributed by atoms with van der Waals surface area (Å²) in [5, 5.41) is 16.3. The van der Waals surface area contributed by atoms with E-state index in [9.17, 15) is 19.3 Å². The van der Waals surface area contributed by atoms with Crippen LogP contribution in [0.4, 0.5) is 15.8 Å². The number of hydrogen-bond donors (Lipinski definition) is 2. The second-order valence-corrected chi connectivity index (χ2v) is 7.18. The summed E-state index contributed by atoms with van der Waals surface area (Å²) in [6, 6.07) is 12.2. The number of aryl methyl sites for hydroxylation is 1. The predicted molar refractivity (Wildman–Crippen MR) is 120 cm³/mol. The molecule has 1 aromatic heterocycles. The molecule has 0 saturated heterocycles. The van der Waals surface area contributed by atoms with E-state index in [0.29, 0.717) is 16.5 Å². The SMILES string of the molecule is Cc1ccc(-c2ccc(/C=C/C(=O)NC(=S)Nc3ccc(F)c([N+](=O)[O-])c3)o2)cc1Cl. The lowest BCUT2D eigenvalue weighted by atomic mass is 10.1. The van der Waals surface area contributed by atoms with Gasteiger partial charge in [0.05, 0.1) is 4.92 Å². The normalized spacial score (nSPS) is 10.8. The fourth-order valence-electron chi connectivity index (χ4n) is 2.55. The number of nitrogens with one attached hydrogen (secondary N) is 2. The molecule has 0 bridgehead atoms. The van der Waals surface area contributed by atoms with Crippen molar-refractivity contribution in [1.29, 1.82) is 0 Å². The third kappa shape index (κ3) is 5.74. The van der Waals surface area contributed by atoms with Crippen molar-refractivity contribution in [3.63, 3.8) is 0 Å². The van der Waals surface area contributed by atoms with Gasteiger partial charge in [-0.1, -0.05) is 23.7 Å². The number of hydrogen-bond acceptors (Lipinski definition) is 5. The van der Waals surface area contributed by atoms with E-state index in [4.69, 9.17) is 28.2 Å². The Labute approximate surface area is 186 Å².